The average molecular weight is 257 g/mol. The summed E-state index contributed by atoms with van der Waals surface area (Å²) < 4.78 is 5.32. The first-order valence-electron chi connectivity index (χ1n) is 7.00. The Kier molecular flexibility index (Phi) is 7.05. The predicted octanol–water partition coefficient (Wildman–Crippen LogP) is 1.01. The average Bonchev–Trinajstić information content (AvgIpc) is 2.39. The number of carbonyl (C=O) groups is 1. The zero-order chi connectivity index (χ0) is 13.4. The monoisotopic (exact) mass is 257 g/mol. The third-order valence-electron chi connectivity index (χ3n) is 3.33. The minimum Gasteiger partial charge on any atom is -0.379 e. The molecule has 5 nitrogen and oxygen atoms in total. The molecule has 1 aliphatic heterocycles. The van der Waals surface area contributed by atoms with E-state index in [1.165, 1.54) is 0 Å². The standard InChI is InChI=1S/C13H27N3O2/c1-4-16(5-2)13(17)14-10-12(3)11-15-6-8-18-9-7-15/h12H,4-11H2,1-3H3,(H,14,17). The molecule has 0 aromatic rings. The van der Waals surface area contributed by atoms with Gasteiger partial charge in [-0.2, -0.15) is 0 Å². The van der Waals surface area contributed by atoms with Gasteiger partial charge in [-0.15, -0.1) is 0 Å². The number of nitrogens with zero attached hydrogens (tertiary/aromatic N) is 2. The molecule has 1 atom stereocenters. The summed E-state index contributed by atoms with van der Waals surface area (Å²) in [6.07, 6.45) is 0. The highest BCUT2D eigenvalue weighted by Crippen LogP contribution is 2.02. The summed E-state index contributed by atoms with van der Waals surface area (Å²) in [5.41, 5.74) is 0. The first-order valence-corrected chi connectivity index (χ1v) is 7.00. The molecular weight excluding hydrogens is 230 g/mol. The van der Waals surface area contributed by atoms with Crippen molar-refractivity contribution >= 4 is 6.03 Å². The Hall–Kier alpha value is -0.810. The molecule has 18 heavy (non-hydrogen) atoms. The van der Waals surface area contributed by atoms with Crippen LogP contribution in [0, 0.1) is 5.92 Å². The van der Waals surface area contributed by atoms with Crippen molar-refractivity contribution in [3.8, 4) is 0 Å². The van der Waals surface area contributed by atoms with Gasteiger partial charge in [0.2, 0.25) is 0 Å². The number of rotatable bonds is 6. The van der Waals surface area contributed by atoms with E-state index in [9.17, 15) is 4.79 Å². The van der Waals surface area contributed by atoms with E-state index >= 15 is 0 Å². The van der Waals surface area contributed by atoms with Gasteiger partial charge < -0.3 is 15.0 Å². The fraction of sp³-hybridized carbons (Fsp3) is 0.923. The third-order valence-corrected chi connectivity index (χ3v) is 3.33. The Morgan fingerprint density at radius 3 is 2.50 bits per heavy atom. The number of morpholine rings is 1. The van der Waals surface area contributed by atoms with Gasteiger partial charge in [0.15, 0.2) is 0 Å². The highest BCUT2D eigenvalue weighted by Gasteiger charge is 2.15. The van der Waals surface area contributed by atoms with Gasteiger partial charge in [-0.1, -0.05) is 6.92 Å². The topological polar surface area (TPSA) is 44.8 Å². The summed E-state index contributed by atoms with van der Waals surface area (Å²) in [6.45, 7) is 13.2. The first kappa shape index (κ1) is 15.2. The molecule has 0 spiro atoms. The van der Waals surface area contributed by atoms with Crippen LogP contribution in [0.15, 0.2) is 0 Å². The first-order chi connectivity index (χ1) is 8.67. The van der Waals surface area contributed by atoms with E-state index in [1.807, 2.05) is 13.8 Å². The number of amides is 2. The van der Waals surface area contributed by atoms with Crippen molar-refractivity contribution in [2.45, 2.75) is 20.8 Å². The number of nitrogens with one attached hydrogen (secondary N) is 1. The zero-order valence-corrected chi connectivity index (χ0v) is 11.9. The lowest BCUT2D eigenvalue weighted by molar-refractivity contribution is 0.0319. The third kappa shape index (κ3) is 5.23. The van der Waals surface area contributed by atoms with Crippen LogP contribution in [0.4, 0.5) is 4.79 Å². The van der Waals surface area contributed by atoms with E-state index in [-0.39, 0.29) is 6.03 Å². The van der Waals surface area contributed by atoms with Gasteiger partial charge >= 0.3 is 6.03 Å². The van der Waals surface area contributed by atoms with Crippen LogP contribution in [-0.4, -0.2) is 68.3 Å². The van der Waals surface area contributed by atoms with Crippen molar-refractivity contribution in [1.82, 2.24) is 15.1 Å². The number of carbonyl (C=O) groups excluding carboxylic acids is 1. The molecule has 0 aromatic heterocycles. The largest absolute Gasteiger partial charge is 0.379 e. The molecule has 5 heteroatoms. The smallest absolute Gasteiger partial charge is 0.317 e. The van der Waals surface area contributed by atoms with Crippen LogP contribution in [-0.2, 0) is 4.74 Å². The van der Waals surface area contributed by atoms with Crippen molar-refractivity contribution in [3.05, 3.63) is 0 Å². The highest BCUT2D eigenvalue weighted by atomic mass is 16.5. The second kappa shape index (κ2) is 8.32. The molecule has 1 heterocycles. The summed E-state index contributed by atoms with van der Waals surface area (Å²) in [5, 5.41) is 3.00. The zero-order valence-electron chi connectivity index (χ0n) is 11.9. The maximum Gasteiger partial charge on any atom is 0.317 e. The van der Waals surface area contributed by atoms with Crippen LogP contribution >= 0.6 is 0 Å². The van der Waals surface area contributed by atoms with Gasteiger partial charge in [0.1, 0.15) is 0 Å². The Balaban J connectivity index is 2.19. The van der Waals surface area contributed by atoms with Crippen LogP contribution in [0.5, 0.6) is 0 Å². The van der Waals surface area contributed by atoms with E-state index < -0.39 is 0 Å². The molecule has 1 rings (SSSR count). The summed E-state index contributed by atoms with van der Waals surface area (Å²) in [4.78, 5) is 16.0. The van der Waals surface area contributed by atoms with Crippen LogP contribution in [0.2, 0.25) is 0 Å². The summed E-state index contributed by atoms with van der Waals surface area (Å²) >= 11 is 0. The normalized spacial score (nSPS) is 18.4. The van der Waals surface area contributed by atoms with Crippen LogP contribution in [0.3, 0.4) is 0 Å². The fourth-order valence-electron chi connectivity index (χ4n) is 2.17. The molecule has 1 N–H and O–H groups in total. The molecule has 1 saturated heterocycles. The van der Waals surface area contributed by atoms with Crippen LogP contribution in [0.1, 0.15) is 20.8 Å². The maximum absolute atomic E-state index is 11.8. The summed E-state index contributed by atoms with van der Waals surface area (Å²) in [6, 6.07) is 0.0498. The van der Waals surface area contributed by atoms with E-state index in [2.05, 4.69) is 17.1 Å². The molecule has 0 aromatic carbocycles. The fourth-order valence-corrected chi connectivity index (χ4v) is 2.17. The Labute approximate surface area is 110 Å². The Morgan fingerprint density at radius 1 is 1.33 bits per heavy atom. The van der Waals surface area contributed by atoms with Gasteiger partial charge in [0.25, 0.3) is 0 Å². The molecule has 1 aliphatic rings. The van der Waals surface area contributed by atoms with E-state index in [0.29, 0.717) is 5.92 Å². The molecule has 2 amide bonds. The molecule has 0 bridgehead atoms. The summed E-state index contributed by atoms with van der Waals surface area (Å²) in [5.74, 6) is 0.475. The number of hydrogen-bond donors (Lipinski definition) is 1. The molecule has 1 unspecified atom stereocenters. The van der Waals surface area contributed by atoms with E-state index in [4.69, 9.17) is 4.74 Å². The van der Waals surface area contributed by atoms with Crippen LogP contribution < -0.4 is 5.32 Å². The number of hydrogen-bond acceptors (Lipinski definition) is 3. The molecule has 0 radical (unpaired) electrons. The molecule has 106 valence electrons. The molecule has 0 aliphatic carbocycles. The van der Waals surface area contributed by atoms with Gasteiger partial charge in [-0.25, -0.2) is 4.79 Å². The second-order valence-electron chi connectivity index (χ2n) is 4.88. The lowest BCUT2D eigenvalue weighted by Crippen LogP contribution is -2.44. The quantitative estimate of drug-likeness (QED) is 0.772. The minimum atomic E-state index is 0.0498. The SMILES string of the molecule is CCN(CC)C(=O)NCC(C)CN1CCOCC1. The molecule has 0 saturated carbocycles. The van der Waals surface area contributed by atoms with Crippen LogP contribution in [0.25, 0.3) is 0 Å². The van der Waals surface area contributed by atoms with Crippen molar-refractivity contribution in [3.63, 3.8) is 0 Å². The van der Waals surface area contributed by atoms with Gasteiger partial charge in [0, 0.05) is 39.3 Å². The van der Waals surface area contributed by atoms with Gasteiger partial charge in [0.05, 0.1) is 13.2 Å². The lowest BCUT2D eigenvalue weighted by atomic mass is 10.1. The van der Waals surface area contributed by atoms with E-state index in [1.54, 1.807) is 4.90 Å². The Morgan fingerprint density at radius 2 is 1.94 bits per heavy atom. The number of ether oxygens (including phenoxy) is 1. The second-order valence-corrected chi connectivity index (χ2v) is 4.88. The van der Waals surface area contributed by atoms with Gasteiger partial charge in [-0.3, -0.25) is 4.90 Å². The minimum absolute atomic E-state index is 0.0498. The van der Waals surface area contributed by atoms with Crippen molar-refractivity contribution in [1.29, 1.82) is 0 Å². The molecule has 1 fully saturated rings. The Bertz CT molecular complexity index is 238. The van der Waals surface area contributed by atoms with Crippen molar-refractivity contribution < 1.29 is 9.53 Å². The van der Waals surface area contributed by atoms with Crippen molar-refractivity contribution in [2.75, 3.05) is 52.5 Å². The number of urea groups is 1. The predicted molar refractivity (Wildman–Crippen MR) is 72.7 cm³/mol. The summed E-state index contributed by atoms with van der Waals surface area (Å²) in [7, 11) is 0. The maximum atomic E-state index is 11.8. The van der Waals surface area contributed by atoms with Crippen molar-refractivity contribution in [2.24, 2.45) is 5.92 Å². The highest BCUT2D eigenvalue weighted by molar-refractivity contribution is 5.74. The van der Waals surface area contributed by atoms with Gasteiger partial charge in [-0.05, 0) is 19.8 Å². The molecular formula is C13H27N3O2. The van der Waals surface area contributed by atoms with E-state index in [0.717, 1.165) is 52.5 Å². The lowest BCUT2D eigenvalue weighted by Gasteiger charge is -2.29.